The molecule has 5 nitrogen and oxygen atoms in total. The Morgan fingerprint density at radius 2 is 2.28 bits per heavy atom. The molecule has 1 aromatic heterocycles. The van der Waals surface area contributed by atoms with E-state index in [4.69, 9.17) is 9.52 Å². The van der Waals surface area contributed by atoms with Crippen molar-refractivity contribution in [1.82, 2.24) is 10.2 Å². The van der Waals surface area contributed by atoms with Crippen LogP contribution in [0.5, 0.6) is 0 Å². The second kappa shape index (κ2) is 5.68. The Morgan fingerprint density at radius 3 is 2.94 bits per heavy atom. The molecule has 0 bridgehead atoms. The van der Waals surface area contributed by atoms with Crippen molar-refractivity contribution >= 4 is 17.7 Å². The van der Waals surface area contributed by atoms with Crippen molar-refractivity contribution in [1.29, 1.82) is 0 Å². The summed E-state index contributed by atoms with van der Waals surface area (Å²) in [6, 6.07) is 6.81. The van der Waals surface area contributed by atoms with E-state index >= 15 is 0 Å². The molecule has 0 amide bonds. The van der Waals surface area contributed by atoms with E-state index in [0.29, 0.717) is 23.3 Å². The van der Waals surface area contributed by atoms with Gasteiger partial charge < -0.3 is 9.52 Å². The number of nitrogens with zero attached hydrogens (tertiary/aromatic N) is 2. The maximum Gasteiger partial charge on any atom is 0.335 e. The molecule has 0 saturated heterocycles. The molecule has 94 valence electrons. The van der Waals surface area contributed by atoms with Gasteiger partial charge in [-0.2, -0.15) is 0 Å². The fraction of sp³-hybridized carbons (Fsp3) is 0.250. The lowest BCUT2D eigenvalue weighted by molar-refractivity contribution is 0.0697. The Balaban J connectivity index is 2.01. The van der Waals surface area contributed by atoms with Gasteiger partial charge in [0.25, 0.3) is 5.22 Å². The number of carbonyl (C=O) groups is 1. The number of benzene rings is 1. The van der Waals surface area contributed by atoms with Crippen molar-refractivity contribution in [2.75, 3.05) is 0 Å². The van der Waals surface area contributed by atoms with E-state index in [1.165, 1.54) is 11.8 Å². The van der Waals surface area contributed by atoms with Gasteiger partial charge >= 0.3 is 5.97 Å². The highest BCUT2D eigenvalue weighted by Gasteiger charge is 2.07. The minimum atomic E-state index is -0.923. The van der Waals surface area contributed by atoms with Gasteiger partial charge in [-0.1, -0.05) is 30.8 Å². The third-order valence-corrected chi connectivity index (χ3v) is 3.18. The molecule has 1 heterocycles. The molecule has 0 aliphatic heterocycles. The summed E-state index contributed by atoms with van der Waals surface area (Å²) in [4.78, 5) is 10.8. The van der Waals surface area contributed by atoms with Gasteiger partial charge in [0, 0.05) is 12.2 Å². The summed E-state index contributed by atoms with van der Waals surface area (Å²) in [5, 5.41) is 17.1. The number of thioether (sulfide) groups is 1. The van der Waals surface area contributed by atoms with Gasteiger partial charge in [0.15, 0.2) is 0 Å². The molecule has 0 radical (unpaired) electrons. The summed E-state index contributed by atoms with van der Waals surface area (Å²) in [6.07, 6.45) is 0.710. The highest BCUT2D eigenvalue weighted by atomic mass is 32.2. The van der Waals surface area contributed by atoms with Crippen molar-refractivity contribution in [3.05, 3.63) is 41.3 Å². The third-order valence-electron chi connectivity index (χ3n) is 2.29. The Bertz CT molecular complexity index is 554. The average Bonchev–Trinajstić information content (AvgIpc) is 2.84. The lowest BCUT2D eigenvalue weighted by Crippen LogP contribution is -1.96. The van der Waals surface area contributed by atoms with Crippen LogP contribution in [-0.4, -0.2) is 21.3 Å². The number of aromatic nitrogens is 2. The van der Waals surface area contributed by atoms with Gasteiger partial charge in [-0.15, -0.1) is 10.2 Å². The Labute approximate surface area is 108 Å². The van der Waals surface area contributed by atoms with Crippen molar-refractivity contribution in [3.63, 3.8) is 0 Å². The summed E-state index contributed by atoms with van der Waals surface area (Å²) >= 11 is 1.40. The maximum atomic E-state index is 10.8. The summed E-state index contributed by atoms with van der Waals surface area (Å²) in [7, 11) is 0. The van der Waals surface area contributed by atoms with Crippen LogP contribution in [0.2, 0.25) is 0 Å². The average molecular weight is 264 g/mol. The fourth-order valence-corrected chi connectivity index (χ4v) is 2.10. The van der Waals surface area contributed by atoms with E-state index in [1.54, 1.807) is 18.2 Å². The number of aryl methyl sites for hydroxylation is 1. The zero-order valence-corrected chi connectivity index (χ0v) is 10.6. The van der Waals surface area contributed by atoms with Crippen LogP contribution in [0.1, 0.15) is 28.7 Å². The Kier molecular flexibility index (Phi) is 3.99. The minimum Gasteiger partial charge on any atom is -0.478 e. The number of hydrogen-bond acceptors (Lipinski definition) is 5. The molecule has 0 aliphatic carbocycles. The Hall–Kier alpha value is -1.82. The van der Waals surface area contributed by atoms with Crippen molar-refractivity contribution < 1.29 is 14.3 Å². The van der Waals surface area contributed by atoms with Crippen LogP contribution < -0.4 is 0 Å². The first-order chi connectivity index (χ1) is 8.69. The van der Waals surface area contributed by atoms with Crippen molar-refractivity contribution in [2.45, 2.75) is 24.3 Å². The van der Waals surface area contributed by atoms with E-state index in [1.807, 2.05) is 13.0 Å². The molecule has 18 heavy (non-hydrogen) atoms. The Morgan fingerprint density at radius 1 is 1.44 bits per heavy atom. The number of aromatic carboxylic acids is 1. The third kappa shape index (κ3) is 3.10. The molecular formula is C12H12N2O3S. The maximum absolute atomic E-state index is 10.8. The largest absolute Gasteiger partial charge is 0.478 e. The normalized spacial score (nSPS) is 10.5. The first kappa shape index (κ1) is 12.6. The first-order valence-corrected chi connectivity index (χ1v) is 6.45. The van der Waals surface area contributed by atoms with E-state index < -0.39 is 5.97 Å². The molecule has 6 heteroatoms. The predicted molar refractivity (Wildman–Crippen MR) is 66.6 cm³/mol. The van der Waals surface area contributed by atoms with Crippen LogP contribution in [-0.2, 0) is 12.2 Å². The van der Waals surface area contributed by atoms with Gasteiger partial charge in [-0.25, -0.2) is 4.79 Å². The summed E-state index contributed by atoms with van der Waals surface area (Å²) in [5.74, 6) is 0.289. The second-order valence-corrected chi connectivity index (χ2v) is 4.54. The standard InChI is InChI=1S/C12H12N2O3S/c1-2-10-13-14-12(17-10)18-7-8-4-3-5-9(6-8)11(15)16/h3-6H,2,7H2,1H3,(H,15,16). The smallest absolute Gasteiger partial charge is 0.335 e. The minimum absolute atomic E-state index is 0.285. The topological polar surface area (TPSA) is 76.2 Å². The summed E-state index contributed by atoms with van der Waals surface area (Å²) in [6.45, 7) is 1.94. The van der Waals surface area contributed by atoms with Gasteiger partial charge in [-0.3, -0.25) is 0 Å². The van der Waals surface area contributed by atoms with Gasteiger partial charge in [0.05, 0.1) is 5.56 Å². The predicted octanol–water partition coefficient (Wildman–Crippen LogP) is 2.62. The van der Waals surface area contributed by atoms with Gasteiger partial charge in [-0.05, 0) is 17.7 Å². The van der Waals surface area contributed by atoms with Crippen molar-refractivity contribution in [2.24, 2.45) is 0 Å². The first-order valence-electron chi connectivity index (χ1n) is 5.46. The molecule has 0 spiro atoms. The summed E-state index contributed by atoms with van der Waals surface area (Å²) < 4.78 is 5.36. The van der Waals surface area contributed by atoms with Crippen LogP contribution >= 0.6 is 11.8 Å². The number of carboxylic acids is 1. The second-order valence-electron chi connectivity index (χ2n) is 3.61. The molecule has 2 rings (SSSR count). The molecule has 2 aromatic rings. The quantitative estimate of drug-likeness (QED) is 0.836. The lowest BCUT2D eigenvalue weighted by atomic mass is 10.1. The molecule has 1 N–H and O–H groups in total. The fourth-order valence-electron chi connectivity index (χ4n) is 1.38. The molecule has 0 aliphatic rings. The van der Waals surface area contributed by atoms with E-state index in [-0.39, 0.29) is 5.56 Å². The van der Waals surface area contributed by atoms with Gasteiger partial charge in [0.1, 0.15) is 0 Å². The number of hydrogen-bond donors (Lipinski definition) is 1. The highest BCUT2D eigenvalue weighted by Crippen LogP contribution is 2.22. The van der Waals surface area contributed by atoms with E-state index in [9.17, 15) is 4.79 Å². The molecule has 0 saturated carbocycles. The van der Waals surface area contributed by atoms with Crippen LogP contribution in [0.4, 0.5) is 0 Å². The van der Waals surface area contributed by atoms with Crippen LogP contribution in [0.25, 0.3) is 0 Å². The van der Waals surface area contributed by atoms with Crippen LogP contribution in [0, 0.1) is 0 Å². The number of carboxylic acid groups (broad SMARTS) is 1. The number of rotatable bonds is 5. The van der Waals surface area contributed by atoms with Crippen LogP contribution in [0.3, 0.4) is 0 Å². The molecule has 0 atom stereocenters. The molecule has 0 fully saturated rings. The van der Waals surface area contributed by atoms with Gasteiger partial charge in [0.2, 0.25) is 5.89 Å². The van der Waals surface area contributed by atoms with Crippen LogP contribution in [0.15, 0.2) is 33.9 Å². The molecule has 0 unspecified atom stereocenters. The molecule has 1 aromatic carbocycles. The lowest BCUT2D eigenvalue weighted by Gasteiger charge is -2.00. The zero-order chi connectivity index (χ0) is 13.0. The summed E-state index contributed by atoms with van der Waals surface area (Å²) in [5.41, 5.74) is 1.20. The van der Waals surface area contributed by atoms with Crippen molar-refractivity contribution in [3.8, 4) is 0 Å². The molecular weight excluding hydrogens is 252 g/mol. The zero-order valence-electron chi connectivity index (χ0n) is 9.79. The highest BCUT2D eigenvalue weighted by molar-refractivity contribution is 7.98. The van der Waals surface area contributed by atoms with E-state index in [0.717, 1.165) is 5.56 Å². The monoisotopic (exact) mass is 264 g/mol. The SMILES string of the molecule is CCc1nnc(SCc2cccc(C(=O)O)c2)o1. The van der Waals surface area contributed by atoms with E-state index in [2.05, 4.69) is 10.2 Å².